The molecule has 1 aliphatic carbocycles. The lowest BCUT2D eigenvalue weighted by Gasteiger charge is -2.08. The van der Waals surface area contributed by atoms with Crippen LogP contribution in [0.2, 0.25) is 0 Å². The molecule has 10 heavy (non-hydrogen) atoms. The summed E-state index contributed by atoms with van der Waals surface area (Å²) in [5, 5.41) is 7.11. The van der Waals surface area contributed by atoms with Gasteiger partial charge >= 0.3 is 0 Å². The zero-order valence-electron chi connectivity index (χ0n) is 6.72. The van der Waals surface area contributed by atoms with Crippen molar-refractivity contribution in [1.29, 1.82) is 0 Å². The summed E-state index contributed by atoms with van der Waals surface area (Å²) in [4.78, 5) is 0. The lowest BCUT2D eigenvalue weighted by atomic mass is 10.2. The standard InChI is InChI=1S/C8H16N2/c1-5-3-9-7-6(2)8(7)10-4-5/h5-10H,3-4H2,1-2H3/t5?,6?,7-,8+. The normalized spacial score (nSPS) is 53.4. The maximum Gasteiger partial charge on any atom is 0.0265 e. The SMILES string of the molecule is CC1CN[C@@H]2C(C)[C@@H]2NC1. The van der Waals surface area contributed by atoms with Gasteiger partial charge in [-0.05, 0) is 24.9 Å². The van der Waals surface area contributed by atoms with Gasteiger partial charge in [0.05, 0.1) is 0 Å². The highest BCUT2D eigenvalue weighted by Crippen LogP contribution is 2.31. The summed E-state index contributed by atoms with van der Waals surface area (Å²) in [6.07, 6.45) is 0. The molecule has 1 saturated heterocycles. The van der Waals surface area contributed by atoms with Crippen LogP contribution in [0.5, 0.6) is 0 Å². The molecule has 2 rings (SSSR count). The van der Waals surface area contributed by atoms with E-state index in [1.807, 2.05) is 0 Å². The van der Waals surface area contributed by atoms with Crippen molar-refractivity contribution < 1.29 is 0 Å². The Hall–Kier alpha value is -0.0800. The highest BCUT2D eigenvalue weighted by molar-refractivity contribution is 5.08. The summed E-state index contributed by atoms with van der Waals surface area (Å²) in [5.41, 5.74) is 0. The van der Waals surface area contributed by atoms with Gasteiger partial charge in [0.1, 0.15) is 0 Å². The first-order valence-corrected chi connectivity index (χ1v) is 4.26. The van der Waals surface area contributed by atoms with Gasteiger partial charge in [-0.3, -0.25) is 0 Å². The van der Waals surface area contributed by atoms with E-state index in [0.29, 0.717) is 0 Å². The van der Waals surface area contributed by atoms with Crippen molar-refractivity contribution in [2.24, 2.45) is 11.8 Å². The highest BCUT2D eigenvalue weighted by atomic mass is 15.1. The summed E-state index contributed by atoms with van der Waals surface area (Å²) >= 11 is 0. The third-order valence-corrected chi connectivity index (χ3v) is 2.78. The molecule has 0 aromatic rings. The van der Waals surface area contributed by atoms with Crippen LogP contribution < -0.4 is 10.6 Å². The van der Waals surface area contributed by atoms with Gasteiger partial charge in [0.15, 0.2) is 0 Å². The van der Waals surface area contributed by atoms with E-state index in [4.69, 9.17) is 0 Å². The summed E-state index contributed by atoms with van der Waals surface area (Å²) < 4.78 is 0. The lowest BCUT2D eigenvalue weighted by Crippen LogP contribution is -2.25. The van der Waals surface area contributed by atoms with Crippen LogP contribution in [0.1, 0.15) is 13.8 Å². The quantitative estimate of drug-likeness (QED) is 0.502. The van der Waals surface area contributed by atoms with Crippen LogP contribution in [0, 0.1) is 11.8 Å². The molecule has 4 atom stereocenters. The molecule has 0 spiro atoms. The van der Waals surface area contributed by atoms with E-state index in [1.165, 1.54) is 13.1 Å². The zero-order valence-corrected chi connectivity index (χ0v) is 6.72. The topological polar surface area (TPSA) is 24.1 Å². The Kier molecular flexibility index (Phi) is 1.46. The molecular formula is C8H16N2. The minimum atomic E-state index is 0.782. The van der Waals surface area contributed by atoms with Gasteiger partial charge in [-0.15, -0.1) is 0 Å². The minimum absolute atomic E-state index is 0.782. The number of nitrogens with one attached hydrogen (secondary N) is 2. The molecule has 0 bridgehead atoms. The first kappa shape index (κ1) is 6.62. The Labute approximate surface area is 62.4 Å². The molecule has 2 nitrogen and oxygen atoms in total. The molecule has 0 aromatic carbocycles. The van der Waals surface area contributed by atoms with E-state index in [9.17, 15) is 0 Å². The van der Waals surface area contributed by atoms with Crippen molar-refractivity contribution in [1.82, 2.24) is 10.6 Å². The van der Waals surface area contributed by atoms with E-state index < -0.39 is 0 Å². The van der Waals surface area contributed by atoms with Crippen molar-refractivity contribution >= 4 is 0 Å². The number of rotatable bonds is 0. The largest absolute Gasteiger partial charge is 0.312 e. The lowest BCUT2D eigenvalue weighted by molar-refractivity contribution is 0.493. The molecule has 0 aromatic heterocycles. The first-order chi connectivity index (χ1) is 4.79. The Morgan fingerprint density at radius 1 is 1.00 bits per heavy atom. The van der Waals surface area contributed by atoms with E-state index in [0.717, 1.165) is 23.9 Å². The van der Waals surface area contributed by atoms with Crippen molar-refractivity contribution in [3.63, 3.8) is 0 Å². The highest BCUT2D eigenvalue weighted by Gasteiger charge is 2.47. The second kappa shape index (κ2) is 2.21. The van der Waals surface area contributed by atoms with Crippen LogP contribution in [0.3, 0.4) is 0 Å². The van der Waals surface area contributed by atoms with Gasteiger partial charge in [0.25, 0.3) is 0 Å². The molecule has 2 unspecified atom stereocenters. The molecule has 2 heteroatoms. The average molecular weight is 140 g/mol. The van der Waals surface area contributed by atoms with Crippen molar-refractivity contribution in [2.75, 3.05) is 13.1 Å². The third kappa shape index (κ3) is 0.956. The van der Waals surface area contributed by atoms with Crippen LogP contribution in [-0.2, 0) is 0 Å². The molecule has 0 amide bonds. The summed E-state index contributed by atoms with van der Waals surface area (Å²) in [7, 11) is 0. The number of fused-ring (bicyclic) bond motifs is 1. The van der Waals surface area contributed by atoms with Gasteiger partial charge in [0.2, 0.25) is 0 Å². The van der Waals surface area contributed by atoms with E-state index in [2.05, 4.69) is 24.5 Å². The second-order valence-electron chi connectivity index (χ2n) is 3.83. The molecule has 58 valence electrons. The Bertz CT molecular complexity index is 121. The molecule has 2 aliphatic rings. The smallest absolute Gasteiger partial charge is 0.0265 e. The Morgan fingerprint density at radius 3 is 2.00 bits per heavy atom. The van der Waals surface area contributed by atoms with Crippen LogP contribution in [0.15, 0.2) is 0 Å². The monoisotopic (exact) mass is 140 g/mol. The summed E-state index contributed by atoms with van der Waals surface area (Å²) in [6.45, 7) is 6.98. The number of hydrogen-bond donors (Lipinski definition) is 2. The van der Waals surface area contributed by atoms with E-state index in [-0.39, 0.29) is 0 Å². The fourth-order valence-corrected chi connectivity index (χ4v) is 1.84. The van der Waals surface area contributed by atoms with E-state index in [1.54, 1.807) is 0 Å². The van der Waals surface area contributed by atoms with Gasteiger partial charge in [0, 0.05) is 12.1 Å². The second-order valence-corrected chi connectivity index (χ2v) is 3.83. The molecule has 0 radical (unpaired) electrons. The van der Waals surface area contributed by atoms with E-state index >= 15 is 0 Å². The first-order valence-electron chi connectivity index (χ1n) is 4.26. The molecular weight excluding hydrogens is 124 g/mol. The predicted molar refractivity (Wildman–Crippen MR) is 41.9 cm³/mol. The Morgan fingerprint density at radius 2 is 1.50 bits per heavy atom. The van der Waals surface area contributed by atoms with Crippen molar-refractivity contribution in [2.45, 2.75) is 25.9 Å². The van der Waals surface area contributed by atoms with Crippen molar-refractivity contribution in [3.05, 3.63) is 0 Å². The van der Waals surface area contributed by atoms with Crippen LogP contribution in [0.25, 0.3) is 0 Å². The third-order valence-electron chi connectivity index (χ3n) is 2.78. The summed E-state index contributed by atoms with van der Waals surface area (Å²) in [6, 6.07) is 1.56. The molecule has 2 fully saturated rings. The maximum atomic E-state index is 3.56. The van der Waals surface area contributed by atoms with Crippen LogP contribution >= 0.6 is 0 Å². The fourth-order valence-electron chi connectivity index (χ4n) is 1.84. The van der Waals surface area contributed by atoms with Crippen molar-refractivity contribution in [3.8, 4) is 0 Å². The number of hydrogen-bond acceptors (Lipinski definition) is 2. The predicted octanol–water partition coefficient (Wildman–Crippen LogP) is 0.202. The maximum absolute atomic E-state index is 3.56. The fraction of sp³-hybridized carbons (Fsp3) is 1.00. The van der Waals surface area contributed by atoms with Crippen LogP contribution in [-0.4, -0.2) is 25.2 Å². The van der Waals surface area contributed by atoms with Gasteiger partial charge in [-0.25, -0.2) is 0 Å². The summed E-state index contributed by atoms with van der Waals surface area (Å²) in [5.74, 6) is 1.67. The molecule has 2 N–H and O–H groups in total. The Balaban J connectivity index is 1.91. The average Bonchev–Trinajstić information content (AvgIpc) is 2.56. The molecule has 1 aliphatic heterocycles. The molecule has 1 heterocycles. The zero-order chi connectivity index (χ0) is 7.14. The minimum Gasteiger partial charge on any atom is -0.312 e. The van der Waals surface area contributed by atoms with Gasteiger partial charge < -0.3 is 10.6 Å². The van der Waals surface area contributed by atoms with Gasteiger partial charge in [-0.1, -0.05) is 13.8 Å². The molecule has 1 saturated carbocycles. The van der Waals surface area contributed by atoms with Crippen LogP contribution in [0.4, 0.5) is 0 Å². The van der Waals surface area contributed by atoms with Gasteiger partial charge in [-0.2, -0.15) is 0 Å².